The molecule has 0 bridgehead atoms. The van der Waals surface area contributed by atoms with Gasteiger partial charge in [0.1, 0.15) is 53.8 Å². The number of carbonyl (C=O) groups is 7. The molecule has 1 fully saturated rings. The monoisotopic (exact) mass is 887 g/mol. The van der Waals surface area contributed by atoms with Gasteiger partial charge in [-0.3, -0.25) is 28.8 Å². The Morgan fingerprint density at radius 2 is 1.12 bits per heavy atom. The van der Waals surface area contributed by atoms with Gasteiger partial charge in [0.15, 0.2) is 0 Å². The summed E-state index contributed by atoms with van der Waals surface area (Å²) in [7, 11) is 0. The summed E-state index contributed by atoms with van der Waals surface area (Å²) in [6.45, 7) is 6.62. The lowest BCUT2D eigenvalue weighted by molar-refractivity contribution is -0.144. The number of carboxylic acid groups (broad SMARTS) is 1. The first-order valence-electron chi connectivity index (χ1n) is 21.4. The normalized spacial score (nSPS) is 16.4. The molecule has 346 valence electrons. The Kier molecular flexibility index (Phi) is 18.6. The molecule has 3 aromatic carbocycles. The van der Waals surface area contributed by atoms with Crippen molar-refractivity contribution in [3.63, 3.8) is 0 Å². The van der Waals surface area contributed by atoms with E-state index in [9.17, 15) is 54.0 Å². The Labute approximate surface area is 372 Å². The molecule has 0 aliphatic carbocycles. The van der Waals surface area contributed by atoms with Crippen molar-refractivity contribution in [2.75, 3.05) is 13.2 Å². The molecule has 7 atom stereocenters. The second-order valence-electron chi connectivity index (χ2n) is 16.9. The fraction of sp³-hybridized carbons (Fsp3) is 0.457. The lowest BCUT2D eigenvalue weighted by Gasteiger charge is -2.32. The number of nitrogens with one attached hydrogen (secondary N) is 5. The highest BCUT2D eigenvalue weighted by atomic mass is 16.4. The van der Waals surface area contributed by atoms with Gasteiger partial charge in [0, 0.05) is 25.8 Å². The van der Waals surface area contributed by atoms with Crippen LogP contribution in [0.15, 0.2) is 78.9 Å². The molecule has 64 heavy (non-hydrogen) atoms. The number of phenols is 2. The van der Waals surface area contributed by atoms with Gasteiger partial charge in [-0.05, 0) is 72.1 Å². The summed E-state index contributed by atoms with van der Waals surface area (Å²) in [6.07, 6.45) is 0.652. The van der Waals surface area contributed by atoms with Crippen molar-refractivity contribution in [1.29, 1.82) is 0 Å². The highest BCUT2D eigenvalue weighted by molar-refractivity contribution is 5.97. The zero-order chi connectivity index (χ0) is 47.1. The van der Waals surface area contributed by atoms with Crippen LogP contribution in [0.25, 0.3) is 0 Å². The van der Waals surface area contributed by atoms with Crippen LogP contribution in [0.5, 0.6) is 11.5 Å². The molecule has 18 heteroatoms. The minimum absolute atomic E-state index is 0.0180. The highest BCUT2D eigenvalue weighted by Gasteiger charge is 2.40. The first-order valence-corrected chi connectivity index (χ1v) is 21.4. The second-order valence-corrected chi connectivity index (χ2v) is 16.9. The number of likely N-dealkylation sites (tertiary alicyclic amines) is 1. The van der Waals surface area contributed by atoms with Gasteiger partial charge >= 0.3 is 5.97 Å². The van der Waals surface area contributed by atoms with E-state index in [4.69, 9.17) is 5.73 Å². The van der Waals surface area contributed by atoms with Gasteiger partial charge in [-0.25, -0.2) is 4.79 Å². The van der Waals surface area contributed by atoms with Gasteiger partial charge in [-0.2, -0.15) is 0 Å². The van der Waals surface area contributed by atoms with Gasteiger partial charge in [0.05, 0.1) is 6.61 Å². The minimum Gasteiger partial charge on any atom is -0.508 e. The van der Waals surface area contributed by atoms with E-state index in [2.05, 4.69) is 26.6 Å². The third kappa shape index (κ3) is 14.8. The minimum atomic E-state index is -1.40. The maximum Gasteiger partial charge on any atom is 0.326 e. The standard InChI is InChI=1S/C46H61N7O11/c1-26(2)21-36(50-44(61)39(27(3)4)52-42(59)35(48-40(57)33(47)25-54)22-28-9-6-5-7-10-28)45(62)53-20-8-11-38(53)43(60)49-34(23-29-12-16-31(55)17-13-29)41(58)51-37(46(63)64)24-30-14-18-32(56)19-15-30/h5-7,9-10,12-19,26-27,33-39,54-56H,8,11,20-25,47H2,1-4H3,(H,48,57)(H,49,60)(H,50,61)(H,51,58)(H,52,59)(H,63,64)/t33-,34-,35-,36-,37-,38-,39-/m0/s1. The van der Waals surface area contributed by atoms with Crippen molar-refractivity contribution in [3.8, 4) is 11.5 Å². The Bertz CT molecular complexity index is 2070. The molecule has 1 heterocycles. The zero-order valence-electron chi connectivity index (χ0n) is 36.5. The van der Waals surface area contributed by atoms with Crippen LogP contribution >= 0.6 is 0 Å². The molecular weight excluding hydrogens is 827 g/mol. The lowest BCUT2D eigenvalue weighted by atomic mass is 9.98. The van der Waals surface area contributed by atoms with E-state index in [0.29, 0.717) is 23.1 Å². The van der Waals surface area contributed by atoms with Crippen LogP contribution in [0, 0.1) is 11.8 Å². The summed E-state index contributed by atoms with van der Waals surface area (Å²) in [5.74, 6) is -6.15. The van der Waals surface area contributed by atoms with Gasteiger partial charge in [0.25, 0.3) is 0 Å². The Balaban J connectivity index is 1.53. The number of amides is 6. The molecule has 0 spiro atoms. The van der Waals surface area contributed by atoms with E-state index in [1.54, 1.807) is 56.3 Å². The van der Waals surface area contributed by atoms with Crippen LogP contribution in [0.3, 0.4) is 0 Å². The van der Waals surface area contributed by atoms with E-state index in [1.165, 1.54) is 41.3 Å². The van der Waals surface area contributed by atoms with E-state index in [-0.39, 0.29) is 56.1 Å². The van der Waals surface area contributed by atoms with E-state index >= 15 is 0 Å². The summed E-state index contributed by atoms with van der Waals surface area (Å²) in [4.78, 5) is 96.6. The molecule has 11 N–H and O–H groups in total. The third-order valence-corrected chi connectivity index (χ3v) is 10.9. The number of nitrogens with zero attached hydrogens (tertiary/aromatic N) is 1. The summed E-state index contributed by atoms with van der Waals surface area (Å²) < 4.78 is 0. The number of aromatic hydroxyl groups is 2. The average Bonchev–Trinajstić information content (AvgIpc) is 3.76. The molecule has 1 saturated heterocycles. The summed E-state index contributed by atoms with van der Waals surface area (Å²) >= 11 is 0. The van der Waals surface area contributed by atoms with E-state index < -0.39 is 96.2 Å². The average molecular weight is 888 g/mol. The molecule has 0 radical (unpaired) electrons. The maximum atomic E-state index is 14.4. The number of phenolic OH excluding ortho intramolecular Hbond substituents is 2. The summed E-state index contributed by atoms with van der Waals surface area (Å²) in [5.41, 5.74) is 7.49. The lowest BCUT2D eigenvalue weighted by Crippen LogP contribution is -2.61. The van der Waals surface area contributed by atoms with Crippen molar-refractivity contribution in [2.24, 2.45) is 17.6 Å². The summed E-state index contributed by atoms with van der Waals surface area (Å²) in [6, 6.07) is 12.1. The Morgan fingerprint density at radius 1 is 0.641 bits per heavy atom. The van der Waals surface area contributed by atoms with Crippen molar-refractivity contribution in [3.05, 3.63) is 95.6 Å². The number of aliphatic carboxylic acids is 1. The maximum absolute atomic E-state index is 14.4. The predicted molar refractivity (Wildman–Crippen MR) is 235 cm³/mol. The van der Waals surface area contributed by atoms with Crippen molar-refractivity contribution < 1.29 is 54.0 Å². The van der Waals surface area contributed by atoms with Crippen LogP contribution in [0.2, 0.25) is 0 Å². The second kappa shape index (κ2) is 23.8. The molecule has 1 aliphatic rings. The van der Waals surface area contributed by atoms with E-state index in [0.717, 1.165) is 0 Å². The number of hydrogen-bond acceptors (Lipinski definition) is 11. The molecule has 1 aliphatic heterocycles. The molecule has 0 aromatic heterocycles. The van der Waals surface area contributed by atoms with Crippen molar-refractivity contribution >= 4 is 41.4 Å². The molecule has 0 saturated carbocycles. The number of rotatable bonds is 22. The van der Waals surface area contributed by atoms with Crippen LogP contribution in [-0.4, -0.2) is 122 Å². The molecule has 4 rings (SSSR count). The number of carbonyl (C=O) groups excluding carboxylic acids is 6. The molecule has 18 nitrogen and oxygen atoms in total. The third-order valence-electron chi connectivity index (χ3n) is 10.9. The number of benzene rings is 3. The van der Waals surface area contributed by atoms with Gasteiger partial charge in [0.2, 0.25) is 35.4 Å². The predicted octanol–water partition coefficient (Wildman–Crippen LogP) is 0.647. The zero-order valence-corrected chi connectivity index (χ0v) is 36.5. The first kappa shape index (κ1) is 50.1. The van der Waals surface area contributed by atoms with Crippen LogP contribution in [-0.2, 0) is 52.8 Å². The Hall–Kier alpha value is -6.53. The number of hydrogen-bond donors (Lipinski definition) is 10. The summed E-state index contributed by atoms with van der Waals surface area (Å²) in [5, 5.41) is 52.3. The smallest absolute Gasteiger partial charge is 0.326 e. The molecule has 0 unspecified atom stereocenters. The Morgan fingerprint density at radius 3 is 1.64 bits per heavy atom. The number of aliphatic hydroxyl groups excluding tert-OH is 1. The van der Waals surface area contributed by atoms with Crippen LogP contribution < -0.4 is 32.3 Å². The van der Waals surface area contributed by atoms with E-state index in [1.807, 2.05) is 13.8 Å². The van der Waals surface area contributed by atoms with Crippen LogP contribution in [0.1, 0.15) is 63.6 Å². The SMILES string of the molecule is CC(C)C[C@H](NC(=O)[C@@H](NC(=O)[C@H](Cc1ccccc1)NC(=O)[C@@H](N)CO)C(C)C)C(=O)N1CCC[C@H]1C(=O)N[C@@H](Cc1ccc(O)cc1)C(=O)N[C@@H](Cc1ccc(O)cc1)C(=O)O. The first-order chi connectivity index (χ1) is 30.4. The van der Waals surface area contributed by atoms with Gasteiger partial charge in [-0.15, -0.1) is 0 Å². The van der Waals surface area contributed by atoms with Gasteiger partial charge < -0.3 is 57.6 Å². The number of carboxylic acids is 1. The molecular formula is C46H61N7O11. The highest BCUT2D eigenvalue weighted by Crippen LogP contribution is 2.22. The van der Waals surface area contributed by atoms with Crippen molar-refractivity contribution in [1.82, 2.24) is 31.5 Å². The fourth-order valence-electron chi connectivity index (χ4n) is 7.35. The van der Waals surface area contributed by atoms with Gasteiger partial charge in [-0.1, -0.05) is 82.3 Å². The number of aliphatic hydroxyl groups is 1. The quantitative estimate of drug-likeness (QED) is 0.0666. The topological polar surface area (TPSA) is 290 Å². The van der Waals surface area contributed by atoms with Crippen molar-refractivity contribution in [2.45, 2.75) is 109 Å². The molecule has 6 amide bonds. The van der Waals surface area contributed by atoms with Crippen LogP contribution in [0.4, 0.5) is 0 Å². The fourth-order valence-corrected chi connectivity index (χ4v) is 7.35. The largest absolute Gasteiger partial charge is 0.508 e. The number of nitrogens with two attached hydrogens (primary N) is 1. The molecule has 3 aromatic rings.